The van der Waals surface area contributed by atoms with Crippen LogP contribution in [0.5, 0.6) is 0 Å². The van der Waals surface area contributed by atoms with E-state index in [1.54, 1.807) is 0 Å². The Morgan fingerprint density at radius 3 is 2.42 bits per heavy atom. The first-order valence-electron chi connectivity index (χ1n) is 4.24. The van der Waals surface area contributed by atoms with Crippen LogP contribution in [-0.4, -0.2) is 5.25 Å². The van der Waals surface area contributed by atoms with Gasteiger partial charge in [0.15, 0.2) is 0 Å². The summed E-state index contributed by atoms with van der Waals surface area (Å²) in [6.45, 7) is 0. The molecule has 1 aliphatic carbocycles. The average Bonchev–Trinajstić information content (AvgIpc) is 2.99. The zero-order chi connectivity index (χ0) is 8.02. The summed E-state index contributed by atoms with van der Waals surface area (Å²) in [6, 6.07) is 10.5. The number of rotatable bonds is 2. The zero-order valence-corrected chi connectivity index (χ0v) is 7.51. The Kier molecular flexibility index (Phi) is 1.30. The standard InChI is InChI=1S/C9H11NOS/c1-2-4-8(5-3-1)12(10-11-12)9-6-7-9/h1-5,9-10H,6-7H2. The Hall–Kier alpha value is -0.510. The zero-order valence-electron chi connectivity index (χ0n) is 6.69. The lowest BCUT2D eigenvalue weighted by Gasteiger charge is -2.11. The van der Waals surface area contributed by atoms with Gasteiger partial charge in [0.2, 0.25) is 0 Å². The number of hydrogen-bond acceptors (Lipinski definition) is 2. The molecule has 1 aromatic carbocycles. The molecule has 1 aliphatic heterocycles. The minimum absolute atomic E-state index is 0.792. The van der Waals surface area contributed by atoms with E-state index in [1.807, 2.05) is 6.07 Å². The smallest absolute Gasteiger partial charge is 0.0311 e. The lowest BCUT2D eigenvalue weighted by atomic mass is 10.4. The Labute approximate surface area is 73.5 Å². The number of benzene rings is 1. The van der Waals surface area contributed by atoms with Crippen molar-refractivity contribution in [3.8, 4) is 0 Å². The van der Waals surface area contributed by atoms with Crippen molar-refractivity contribution in [2.45, 2.75) is 23.0 Å². The molecule has 1 unspecified atom stereocenters. The summed E-state index contributed by atoms with van der Waals surface area (Å²) >= 11 is 0. The summed E-state index contributed by atoms with van der Waals surface area (Å²) in [5.41, 5.74) is 0. The van der Waals surface area contributed by atoms with E-state index in [9.17, 15) is 0 Å². The molecule has 1 saturated heterocycles. The van der Waals surface area contributed by atoms with Crippen LogP contribution in [0.1, 0.15) is 12.8 Å². The van der Waals surface area contributed by atoms with Crippen LogP contribution in [0.3, 0.4) is 0 Å². The van der Waals surface area contributed by atoms with Crippen molar-refractivity contribution in [2.24, 2.45) is 0 Å². The maximum atomic E-state index is 5.44. The molecular formula is C9H11NOS. The molecule has 2 aliphatic rings. The first-order valence-corrected chi connectivity index (χ1v) is 5.86. The first-order chi connectivity index (χ1) is 5.92. The van der Waals surface area contributed by atoms with Gasteiger partial charge < -0.3 is 0 Å². The van der Waals surface area contributed by atoms with E-state index in [0.717, 1.165) is 5.25 Å². The van der Waals surface area contributed by atoms with Crippen LogP contribution in [0.4, 0.5) is 0 Å². The van der Waals surface area contributed by atoms with E-state index in [4.69, 9.17) is 4.28 Å². The molecule has 1 N–H and O–H groups in total. The lowest BCUT2D eigenvalue weighted by molar-refractivity contribution is 0.467. The van der Waals surface area contributed by atoms with Gasteiger partial charge in [0, 0.05) is 10.1 Å². The highest BCUT2D eigenvalue weighted by Crippen LogP contribution is 2.73. The van der Waals surface area contributed by atoms with Crippen LogP contribution >= 0.6 is 10.5 Å². The molecule has 0 radical (unpaired) electrons. The predicted octanol–water partition coefficient (Wildman–Crippen LogP) is 2.38. The molecule has 1 saturated carbocycles. The third kappa shape index (κ3) is 0.905. The molecule has 3 rings (SSSR count). The highest BCUT2D eigenvalue weighted by molar-refractivity contribution is 8.32. The molecule has 3 heteroatoms. The maximum Gasteiger partial charge on any atom is 0.0311 e. The van der Waals surface area contributed by atoms with Gasteiger partial charge in [0.05, 0.1) is 0 Å². The Bertz CT molecular complexity index is 293. The molecule has 0 aromatic heterocycles. The van der Waals surface area contributed by atoms with Gasteiger partial charge in [-0.3, -0.25) is 0 Å². The van der Waals surface area contributed by atoms with Crippen LogP contribution in [0, 0.1) is 0 Å². The second-order valence-electron chi connectivity index (χ2n) is 3.28. The fourth-order valence-electron chi connectivity index (χ4n) is 1.48. The van der Waals surface area contributed by atoms with Crippen LogP contribution in [0.2, 0.25) is 0 Å². The molecule has 0 amide bonds. The molecule has 2 fully saturated rings. The van der Waals surface area contributed by atoms with Gasteiger partial charge in [-0.25, -0.2) is 4.28 Å². The third-order valence-corrected chi connectivity index (χ3v) is 5.26. The SMILES string of the molecule is c1ccc(S2(C3CC3)NO2)cc1. The van der Waals surface area contributed by atoms with Crippen LogP contribution in [-0.2, 0) is 4.28 Å². The van der Waals surface area contributed by atoms with Gasteiger partial charge in [0.1, 0.15) is 0 Å². The molecule has 0 spiro atoms. The summed E-state index contributed by atoms with van der Waals surface area (Å²) in [4.78, 5) is 4.46. The summed E-state index contributed by atoms with van der Waals surface area (Å²) in [5, 5.41) is 0.792. The lowest BCUT2D eigenvalue weighted by Crippen LogP contribution is -1.92. The minimum Gasteiger partial charge on any atom is -0.222 e. The fraction of sp³-hybridized carbons (Fsp3) is 0.333. The highest BCUT2D eigenvalue weighted by atomic mass is 32.3. The first kappa shape index (κ1) is 6.95. The van der Waals surface area contributed by atoms with E-state index in [1.165, 1.54) is 17.7 Å². The summed E-state index contributed by atoms with van der Waals surface area (Å²) in [6.07, 6.45) is 2.66. The van der Waals surface area contributed by atoms with E-state index < -0.39 is 10.5 Å². The van der Waals surface area contributed by atoms with E-state index in [2.05, 4.69) is 29.2 Å². The van der Waals surface area contributed by atoms with Crippen molar-refractivity contribution in [2.75, 3.05) is 0 Å². The number of nitrogens with one attached hydrogen (secondary N) is 1. The van der Waals surface area contributed by atoms with Gasteiger partial charge in [-0.1, -0.05) is 18.2 Å². The van der Waals surface area contributed by atoms with Crippen molar-refractivity contribution < 1.29 is 4.28 Å². The van der Waals surface area contributed by atoms with Crippen molar-refractivity contribution >= 4 is 10.5 Å². The van der Waals surface area contributed by atoms with E-state index in [0.29, 0.717) is 0 Å². The van der Waals surface area contributed by atoms with Crippen LogP contribution < -0.4 is 4.89 Å². The Morgan fingerprint density at radius 1 is 1.25 bits per heavy atom. The molecule has 1 atom stereocenters. The monoisotopic (exact) mass is 181 g/mol. The second-order valence-corrected chi connectivity index (χ2v) is 5.95. The minimum atomic E-state index is -0.966. The third-order valence-electron chi connectivity index (χ3n) is 2.35. The summed E-state index contributed by atoms with van der Waals surface area (Å²) in [7, 11) is -0.966. The summed E-state index contributed by atoms with van der Waals surface area (Å²) in [5.74, 6) is 0. The van der Waals surface area contributed by atoms with E-state index in [-0.39, 0.29) is 0 Å². The Morgan fingerprint density at radius 2 is 1.92 bits per heavy atom. The van der Waals surface area contributed by atoms with Gasteiger partial charge >= 0.3 is 0 Å². The molecule has 1 aromatic rings. The normalized spacial score (nSPS) is 38.7. The molecule has 64 valence electrons. The molecule has 1 heterocycles. The topological polar surface area (TPSA) is 34.5 Å². The van der Waals surface area contributed by atoms with Crippen molar-refractivity contribution in [3.05, 3.63) is 30.3 Å². The van der Waals surface area contributed by atoms with Crippen molar-refractivity contribution in [1.29, 1.82) is 0 Å². The van der Waals surface area contributed by atoms with Crippen LogP contribution in [0.15, 0.2) is 35.2 Å². The fourth-order valence-corrected chi connectivity index (χ4v) is 3.99. The second kappa shape index (κ2) is 2.25. The van der Waals surface area contributed by atoms with Gasteiger partial charge in [0.25, 0.3) is 0 Å². The highest BCUT2D eigenvalue weighted by Gasteiger charge is 2.53. The quantitative estimate of drug-likeness (QED) is 0.711. The van der Waals surface area contributed by atoms with Gasteiger partial charge in [-0.05, 0) is 35.5 Å². The van der Waals surface area contributed by atoms with Crippen molar-refractivity contribution in [1.82, 2.24) is 4.89 Å². The molecule has 2 nitrogen and oxygen atoms in total. The average molecular weight is 181 g/mol. The van der Waals surface area contributed by atoms with Crippen LogP contribution in [0.25, 0.3) is 0 Å². The van der Waals surface area contributed by atoms with Gasteiger partial charge in [-0.15, -0.1) is 4.89 Å². The largest absolute Gasteiger partial charge is 0.222 e. The van der Waals surface area contributed by atoms with Gasteiger partial charge in [-0.2, -0.15) is 0 Å². The maximum absolute atomic E-state index is 5.44. The number of hydrogen-bond donors (Lipinski definition) is 1. The molecular weight excluding hydrogens is 170 g/mol. The Balaban J connectivity index is 1.97. The summed E-state index contributed by atoms with van der Waals surface area (Å²) < 4.78 is 5.44. The molecule has 0 bridgehead atoms. The predicted molar refractivity (Wildman–Crippen MR) is 49.5 cm³/mol. The molecule has 12 heavy (non-hydrogen) atoms. The van der Waals surface area contributed by atoms with Crippen molar-refractivity contribution in [3.63, 3.8) is 0 Å². The van der Waals surface area contributed by atoms with E-state index >= 15 is 0 Å².